The van der Waals surface area contributed by atoms with E-state index in [1.807, 2.05) is 42.5 Å². The number of hydrogen-bond donors (Lipinski definition) is 0. The maximum Gasteiger partial charge on any atom is 0.416 e. The molecule has 0 fully saturated rings. The molecule has 0 aliphatic heterocycles. The molecule has 0 radical (unpaired) electrons. The molecule has 0 spiro atoms. The molecule has 0 bridgehead atoms. The van der Waals surface area contributed by atoms with Gasteiger partial charge in [0.2, 0.25) is 0 Å². The van der Waals surface area contributed by atoms with Gasteiger partial charge in [-0.3, -0.25) is 0 Å². The van der Waals surface area contributed by atoms with Crippen molar-refractivity contribution >= 4 is 21.8 Å². The van der Waals surface area contributed by atoms with E-state index in [9.17, 15) is 13.2 Å². The van der Waals surface area contributed by atoms with Crippen molar-refractivity contribution in [2.75, 3.05) is 0 Å². The van der Waals surface area contributed by atoms with Crippen LogP contribution in [0.1, 0.15) is 5.56 Å². The van der Waals surface area contributed by atoms with Gasteiger partial charge in [0.25, 0.3) is 0 Å². The lowest BCUT2D eigenvalue weighted by molar-refractivity contribution is -0.137. The minimum absolute atomic E-state index is 0.636. The first-order chi connectivity index (χ1) is 14.0. The Bertz CT molecular complexity index is 1310. The average molecular weight is 387 g/mol. The van der Waals surface area contributed by atoms with Crippen LogP contribution < -0.4 is 0 Å². The average Bonchev–Trinajstić information content (AvgIpc) is 3.07. The van der Waals surface area contributed by atoms with Crippen LogP contribution in [0, 0.1) is 0 Å². The van der Waals surface area contributed by atoms with E-state index in [1.54, 1.807) is 0 Å². The molecule has 1 nitrogen and oxygen atoms in total. The predicted molar refractivity (Wildman–Crippen MR) is 111 cm³/mol. The Balaban J connectivity index is 1.71. The number of rotatable bonds is 2. The smallest absolute Gasteiger partial charge is 0.309 e. The van der Waals surface area contributed by atoms with Crippen LogP contribution in [0.2, 0.25) is 0 Å². The Kier molecular flexibility index (Phi) is 3.95. The van der Waals surface area contributed by atoms with Crippen LogP contribution in [0.25, 0.3) is 38.6 Å². The molecule has 1 aromatic heterocycles. The number of para-hydroxylation sites is 2. The Morgan fingerprint density at radius 1 is 0.552 bits per heavy atom. The Labute approximate surface area is 165 Å². The molecule has 1 heterocycles. The van der Waals surface area contributed by atoms with Gasteiger partial charge >= 0.3 is 6.18 Å². The highest BCUT2D eigenvalue weighted by Gasteiger charge is 2.30. The third-order valence-electron chi connectivity index (χ3n) is 5.23. The summed E-state index contributed by atoms with van der Waals surface area (Å²) in [5.41, 5.74) is 4.24. The fourth-order valence-electron chi connectivity index (χ4n) is 3.86. The monoisotopic (exact) mass is 387 g/mol. The lowest BCUT2D eigenvalue weighted by Gasteiger charge is -2.09. The van der Waals surface area contributed by atoms with E-state index in [0.717, 1.165) is 50.8 Å². The lowest BCUT2D eigenvalue weighted by Crippen LogP contribution is -2.03. The molecule has 29 heavy (non-hydrogen) atoms. The highest BCUT2D eigenvalue weighted by molar-refractivity contribution is 6.10. The van der Waals surface area contributed by atoms with Gasteiger partial charge in [0, 0.05) is 16.5 Å². The third-order valence-corrected chi connectivity index (χ3v) is 5.23. The molecule has 0 amide bonds. The fraction of sp³-hybridized carbons (Fsp3) is 0.0400. The summed E-state index contributed by atoms with van der Waals surface area (Å²) in [6.07, 6.45) is -4.33. The SMILES string of the molecule is FC(F)(F)c1ccc(-c2ccc3c(c2)c2ccccc2n3-c2ccccc2)cc1. The number of benzene rings is 4. The van der Waals surface area contributed by atoms with Crippen LogP contribution in [0.4, 0.5) is 13.2 Å². The highest BCUT2D eigenvalue weighted by atomic mass is 19.4. The van der Waals surface area contributed by atoms with Crippen LogP contribution in [-0.4, -0.2) is 4.57 Å². The lowest BCUT2D eigenvalue weighted by atomic mass is 10.0. The van der Waals surface area contributed by atoms with Crippen molar-refractivity contribution in [3.63, 3.8) is 0 Å². The molecule has 0 atom stereocenters. The van der Waals surface area contributed by atoms with Crippen molar-refractivity contribution < 1.29 is 13.2 Å². The minimum Gasteiger partial charge on any atom is -0.309 e. The summed E-state index contributed by atoms with van der Waals surface area (Å²) in [6, 6.07) is 29.7. The Morgan fingerprint density at radius 3 is 1.90 bits per heavy atom. The maximum absolute atomic E-state index is 12.9. The molecule has 4 aromatic carbocycles. The quantitative estimate of drug-likeness (QED) is 0.296. The summed E-state index contributed by atoms with van der Waals surface area (Å²) in [7, 11) is 0. The number of nitrogens with zero attached hydrogens (tertiary/aromatic N) is 1. The summed E-state index contributed by atoms with van der Waals surface area (Å²) in [6.45, 7) is 0. The molecule has 142 valence electrons. The van der Waals surface area contributed by atoms with Crippen LogP contribution in [-0.2, 0) is 6.18 Å². The molecular weight excluding hydrogens is 371 g/mol. The second kappa shape index (κ2) is 6.52. The Morgan fingerprint density at radius 2 is 1.17 bits per heavy atom. The van der Waals surface area contributed by atoms with Crippen molar-refractivity contribution in [1.29, 1.82) is 0 Å². The van der Waals surface area contributed by atoms with Gasteiger partial charge in [0.15, 0.2) is 0 Å². The van der Waals surface area contributed by atoms with Crippen molar-refractivity contribution in [2.24, 2.45) is 0 Å². The molecule has 0 aliphatic carbocycles. The van der Waals surface area contributed by atoms with Gasteiger partial charge in [0.1, 0.15) is 0 Å². The van der Waals surface area contributed by atoms with Crippen molar-refractivity contribution in [1.82, 2.24) is 4.57 Å². The first kappa shape index (κ1) is 17.6. The van der Waals surface area contributed by atoms with Crippen molar-refractivity contribution in [2.45, 2.75) is 6.18 Å². The zero-order valence-electron chi connectivity index (χ0n) is 15.3. The molecule has 5 aromatic rings. The highest BCUT2D eigenvalue weighted by Crippen LogP contribution is 2.36. The third kappa shape index (κ3) is 2.97. The van der Waals surface area contributed by atoms with E-state index >= 15 is 0 Å². The Hall–Kier alpha value is -3.53. The van der Waals surface area contributed by atoms with Crippen LogP contribution in [0.15, 0.2) is 97.1 Å². The van der Waals surface area contributed by atoms with E-state index in [0.29, 0.717) is 0 Å². The van der Waals surface area contributed by atoms with Crippen molar-refractivity contribution in [3.8, 4) is 16.8 Å². The van der Waals surface area contributed by atoms with E-state index in [4.69, 9.17) is 0 Å². The number of halogens is 3. The molecule has 4 heteroatoms. The van der Waals surface area contributed by atoms with E-state index in [2.05, 4.69) is 34.9 Å². The van der Waals surface area contributed by atoms with Gasteiger partial charge in [-0.15, -0.1) is 0 Å². The number of fused-ring (bicyclic) bond motifs is 3. The van der Waals surface area contributed by atoms with E-state index in [-0.39, 0.29) is 0 Å². The van der Waals surface area contributed by atoms with Gasteiger partial charge in [-0.1, -0.05) is 54.6 Å². The van der Waals surface area contributed by atoms with E-state index in [1.165, 1.54) is 12.1 Å². The van der Waals surface area contributed by atoms with Gasteiger partial charge in [0.05, 0.1) is 16.6 Å². The topological polar surface area (TPSA) is 4.93 Å². The van der Waals surface area contributed by atoms with Gasteiger partial charge in [-0.05, 0) is 53.6 Å². The molecule has 0 N–H and O–H groups in total. The molecule has 5 rings (SSSR count). The van der Waals surface area contributed by atoms with Crippen LogP contribution >= 0.6 is 0 Å². The summed E-state index contributed by atoms with van der Waals surface area (Å²) < 4.78 is 40.8. The normalized spacial score (nSPS) is 12.0. The molecule has 0 saturated heterocycles. The predicted octanol–water partition coefficient (Wildman–Crippen LogP) is 7.47. The van der Waals surface area contributed by atoms with Crippen molar-refractivity contribution in [3.05, 3.63) is 103 Å². The summed E-state index contributed by atoms with van der Waals surface area (Å²) in [5.74, 6) is 0. The summed E-state index contributed by atoms with van der Waals surface area (Å²) in [5, 5.41) is 2.18. The van der Waals surface area contributed by atoms with Gasteiger partial charge in [-0.2, -0.15) is 13.2 Å². The standard InChI is InChI=1S/C25H16F3N/c26-25(27,28)19-13-10-17(11-14-19)18-12-15-24-22(16-18)21-8-4-5-9-23(21)29(24)20-6-2-1-3-7-20/h1-16H. The molecule has 0 aliphatic rings. The second-order valence-electron chi connectivity index (χ2n) is 7.00. The number of hydrogen-bond acceptors (Lipinski definition) is 0. The fourth-order valence-corrected chi connectivity index (χ4v) is 3.86. The number of alkyl halides is 3. The molecule has 0 saturated carbocycles. The second-order valence-corrected chi connectivity index (χ2v) is 7.00. The van der Waals surface area contributed by atoms with Crippen LogP contribution in [0.3, 0.4) is 0 Å². The molecular formula is C25H16F3N. The van der Waals surface area contributed by atoms with Gasteiger partial charge in [-0.25, -0.2) is 0 Å². The zero-order valence-corrected chi connectivity index (χ0v) is 15.3. The number of aromatic nitrogens is 1. The largest absolute Gasteiger partial charge is 0.416 e. The molecule has 0 unspecified atom stereocenters. The zero-order chi connectivity index (χ0) is 20.0. The summed E-state index contributed by atoms with van der Waals surface area (Å²) in [4.78, 5) is 0. The first-order valence-corrected chi connectivity index (χ1v) is 9.29. The first-order valence-electron chi connectivity index (χ1n) is 9.29. The van der Waals surface area contributed by atoms with Crippen LogP contribution in [0.5, 0.6) is 0 Å². The summed E-state index contributed by atoms with van der Waals surface area (Å²) >= 11 is 0. The van der Waals surface area contributed by atoms with Gasteiger partial charge < -0.3 is 4.57 Å². The minimum atomic E-state index is -4.33. The maximum atomic E-state index is 12.9. The van der Waals surface area contributed by atoms with E-state index < -0.39 is 11.7 Å².